The maximum Gasteiger partial charge on any atom is 0.309 e. The highest BCUT2D eigenvalue weighted by molar-refractivity contribution is 5.70. The Morgan fingerprint density at radius 2 is 1.87 bits per heavy atom. The van der Waals surface area contributed by atoms with Crippen LogP contribution in [0.1, 0.15) is 27.2 Å². The maximum atomic E-state index is 11.8. The Morgan fingerprint density at radius 3 is 2.35 bits per heavy atom. The minimum atomic E-state index is -1.54. The van der Waals surface area contributed by atoms with Gasteiger partial charge in [-0.05, 0) is 20.8 Å². The van der Waals surface area contributed by atoms with Gasteiger partial charge in [0, 0.05) is 0 Å². The quantitative estimate of drug-likeness (QED) is 0.363. The fourth-order valence-electron chi connectivity index (χ4n) is 2.09. The summed E-state index contributed by atoms with van der Waals surface area (Å²) in [5.74, 6) is -0.521. The number of rotatable bonds is 6. The molecule has 1 heterocycles. The summed E-state index contributed by atoms with van der Waals surface area (Å²) >= 11 is 0. The fourth-order valence-corrected chi connectivity index (χ4v) is 2.09. The molecule has 1 aliphatic rings. The molecular formula is C15H26O8. The number of aliphatic hydroxyl groups excluding tert-OH is 4. The molecule has 0 unspecified atom stereocenters. The second kappa shape index (κ2) is 8.18. The summed E-state index contributed by atoms with van der Waals surface area (Å²) in [6.45, 7) is 8.17. The lowest BCUT2D eigenvalue weighted by Crippen LogP contribution is -2.59. The largest absolute Gasteiger partial charge is 0.460 e. The van der Waals surface area contributed by atoms with E-state index in [1.54, 1.807) is 20.8 Å². The Morgan fingerprint density at radius 1 is 1.26 bits per heavy atom. The molecule has 0 radical (unpaired) electrons. The summed E-state index contributed by atoms with van der Waals surface area (Å²) < 4.78 is 15.8. The van der Waals surface area contributed by atoms with Crippen LogP contribution in [0.3, 0.4) is 0 Å². The van der Waals surface area contributed by atoms with Crippen molar-refractivity contribution in [3.8, 4) is 0 Å². The lowest BCUT2D eigenvalue weighted by atomic mass is 9.99. The van der Waals surface area contributed by atoms with E-state index in [1.807, 2.05) is 0 Å². The molecule has 1 fully saturated rings. The van der Waals surface area contributed by atoms with Crippen LogP contribution >= 0.6 is 0 Å². The molecule has 0 aromatic rings. The average molecular weight is 334 g/mol. The number of carbonyl (C=O) groups is 1. The second-order valence-corrected chi connectivity index (χ2v) is 6.40. The molecule has 1 aliphatic heterocycles. The molecule has 0 aromatic carbocycles. The zero-order valence-electron chi connectivity index (χ0n) is 13.6. The normalized spacial score (nSPS) is 33.1. The van der Waals surface area contributed by atoms with Crippen molar-refractivity contribution in [1.29, 1.82) is 0 Å². The van der Waals surface area contributed by atoms with E-state index in [0.29, 0.717) is 0 Å². The van der Waals surface area contributed by atoms with Crippen LogP contribution in [0.5, 0.6) is 0 Å². The van der Waals surface area contributed by atoms with Crippen molar-refractivity contribution in [2.75, 3.05) is 6.61 Å². The van der Waals surface area contributed by atoms with E-state index >= 15 is 0 Å². The molecule has 4 N–H and O–H groups in total. The summed E-state index contributed by atoms with van der Waals surface area (Å²) in [4.78, 5) is 11.8. The fraction of sp³-hybridized carbons (Fsp3) is 0.800. The molecule has 0 aliphatic carbocycles. The number of aliphatic hydroxyl groups is 4. The van der Waals surface area contributed by atoms with Crippen LogP contribution in [0.15, 0.2) is 12.7 Å². The van der Waals surface area contributed by atoms with Gasteiger partial charge < -0.3 is 34.6 Å². The van der Waals surface area contributed by atoms with E-state index < -0.39 is 55.0 Å². The van der Waals surface area contributed by atoms with E-state index in [9.17, 15) is 20.1 Å². The predicted octanol–water partition coefficient (Wildman–Crippen LogP) is -0.911. The summed E-state index contributed by atoms with van der Waals surface area (Å²) in [7, 11) is 0. The Hall–Kier alpha value is -1.03. The van der Waals surface area contributed by atoms with Crippen molar-refractivity contribution in [1.82, 2.24) is 0 Å². The zero-order chi connectivity index (χ0) is 17.8. The average Bonchev–Trinajstić information content (AvgIpc) is 2.44. The van der Waals surface area contributed by atoms with Crippen LogP contribution in [-0.4, -0.2) is 75.4 Å². The van der Waals surface area contributed by atoms with Gasteiger partial charge in [0.25, 0.3) is 0 Å². The van der Waals surface area contributed by atoms with Crippen LogP contribution in [0.25, 0.3) is 0 Å². The van der Waals surface area contributed by atoms with Crippen LogP contribution < -0.4 is 0 Å². The molecule has 8 nitrogen and oxygen atoms in total. The first-order chi connectivity index (χ1) is 10.6. The van der Waals surface area contributed by atoms with Gasteiger partial charge in [0.05, 0.1) is 19.1 Å². The number of carbonyl (C=O) groups excluding carboxylic acids is 1. The van der Waals surface area contributed by atoms with Crippen LogP contribution in [-0.2, 0) is 19.0 Å². The van der Waals surface area contributed by atoms with Gasteiger partial charge in [0.2, 0.25) is 0 Å². The van der Waals surface area contributed by atoms with Gasteiger partial charge in [-0.1, -0.05) is 6.08 Å². The first-order valence-corrected chi connectivity index (χ1v) is 7.39. The molecule has 6 atom stereocenters. The zero-order valence-corrected chi connectivity index (χ0v) is 13.6. The first-order valence-electron chi connectivity index (χ1n) is 7.39. The Bertz CT molecular complexity index is 403. The first kappa shape index (κ1) is 20.0. The van der Waals surface area contributed by atoms with Crippen molar-refractivity contribution in [2.24, 2.45) is 0 Å². The number of ether oxygens (including phenoxy) is 3. The molecule has 134 valence electrons. The van der Waals surface area contributed by atoms with Gasteiger partial charge in [-0.15, -0.1) is 6.58 Å². The van der Waals surface area contributed by atoms with Crippen LogP contribution in [0.2, 0.25) is 0 Å². The molecule has 0 spiro atoms. The highest BCUT2D eigenvalue weighted by atomic mass is 16.7. The summed E-state index contributed by atoms with van der Waals surface area (Å²) in [5.41, 5.74) is -0.647. The van der Waals surface area contributed by atoms with E-state index in [4.69, 9.17) is 19.3 Å². The number of esters is 1. The van der Waals surface area contributed by atoms with Gasteiger partial charge in [-0.3, -0.25) is 4.79 Å². The molecule has 1 rings (SSSR count). The smallest absolute Gasteiger partial charge is 0.309 e. The van der Waals surface area contributed by atoms with Crippen molar-refractivity contribution >= 4 is 5.97 Å². The molecule has 23 heavy (non-hydrogen) atoms. The van der Waals surface area contributed by atoms with Gasteiger partial charge in [-0.25, -0.2) is 0 Å². The summed E-state index contributed by atoms with van der Waals surface area (Å²) in [6, 6.07) is 0. The Balaban J connectivity index is 2.67. The highest BCUT2D eigenvalue weighted by Gasteiger charge is 2.44. The van der Waals surface area contributed by atoms with Crippen molar-refractivity contribution in [2.45, 2.75) is 69.6 Å². The second-order valence-electron chi connectivity index (χ2n) is 6.40. The van der Waals surface area contributed by atoms with Gasteiger partial charge in [0.15, 0.2) is 6.29 Å². The Kier molecular flexibility index (Phi) is 7.12. The van der Waals surface area contributed by atoms with E-state index in [0.717, 1.165) is 0 Å². The minimum Gasteiger partial charge on any atom is -0.460 e. The third-order valence-electron chi connectivity index (χ3n) is 3.21. The van der Waals surface area contributed by atoms with E-state index in [2.05, 4.69) is 6.58 Å². The molecule has 8 heteroatoms. The Labute approximate surface area is 135 Å². The van der Waals surface area contributed by atoms with E-state index in [-0.39, 0.29) is 6.42 Å². The lowest BCUT2D eigenvalue weighted by Gasteiger charge is -2.40. The third kappa shape index (κ3) is 5.83. The molecule has 0 aromatic heterocycles. The summed E-state index contributed by atoms with van der Waals surface area (Å²) in [6.07, 6.45) is -6.59. The van der Waals surface area contributed by atoms with Crippen LogP contribution in [0.4, 0.5) is 0 Å². The van der Waals surface area contributed by atoms with Gasteiger partial charge in [-0.2, -0.15) is 0 Å². The highest BCUT2D eigenvalue weighted by Crippen LogP contribution is 2.24. The van der Waals surface area contributed by atoms with Gasteiger partial charge >= 0.3 is 5.97 Å². The molecule has 0 amide bonds. The lowest BCUT2D eigenvalue weighted by molar-refractivity contribution is -0.307. The maximum absolute atomic E-state index is 11.8. The van der Waals surface area contributed by atoms with Crippen LogP contribution in [0, 0.1) is 0 Å². The van der Waals surface area contributed by atoms with E-state index in [1.165, 1.54) is 6.08 Å². The van der Waals surface area contributed by atoms with Gasteiger partial charge in [0.1, 0.15) is 30.0 Å². The topological polar surface area (TPSA) is 126 Å². The van der Waals surface area contributed by atoms with Crippen molar-refractivity contribution in [3.05, 3.63) is 12.7 Å². The molecule has 0 saturated carbocycles. The summed E-state index contributed by atoms with van der Waals surface area (Å²) in [5, 5.41) is 38.4. The van der Waals surface area contributed by atoms with Crippen molar-refractivity contribution < 1.29 is 39.4 Å². The standard InChI is InChI=1S/C15H26O8/c1-5-8(6-10(17)23-15(2,3)4)21-14-13(20)12(19)11(18)9(7-16)22-14/h5,8-9,11-14,16,18-20H,1,6-7H2,2-4H3/t8-,9+,11+,12-,13+,14+/m0/s1. The molecule has 0 bridgehead atoms. The minimum absolute atomic E-state index is 0.157. The monoisotopic (exact) mass is 334 g/mol. The SMILES string of the molecule is C=C[C@@H](CC(=O)OC(C)(C)C)O[C@@H]1O[C@H](CO)[C@@H](O)[C@H](O)[C@H]1O. The number of hydrogen-bond acceptors (Lipinski definition) is 8. The predicted molar refractivity (Wildman–Crippen MR) is 79.3 cm³/mol. The molecular weight excluding hydrogens is 308 g/mol. The number of hydrogen-bond donors (Lipinski definition) is 4. The van der Waals surface area contributed by atoms with Crippen molar-refractivity contribution in [3.63, 3.8) is 0 Å². The third-order valence-corrected chi connectivity index (χ3v) is 3.21. The molecule has 1 saturated heterocycles.